The van der Waals surface area contributed by atoms with E-state index in [0.717, 1.165) is 38.7 Å². The lowest BCUT2D eigenvalue weighted by molar-refractivity contribution is -0.117. The molecule has 1 amide bonds. The molecule has 0 saturated carbocycles. The quantitative estimate of drug-likeness (QED) is 0.360. The molecule has 0 saturated heterocycles. The molecule has 4 aromatic rings. The van der Waals surface area contributed by atoms with Gasteiger partial charge in [-0.3, -0.25) is 4.79 Å². The lowest BCUT2D eigenvalue weighted by Crippen LogP contribution is -2.32. The van der Waals surface area contributed by atoms with Crippen LogP contribution in [-0.2, 0) is 11.4 Å². The lowest BCUT2D eigenvalue weighted by atomic mass is 10.0. The summed E-state index contributed by atoms with van der Waals surface area (Å²) in [6.07, 6.45) is 0. The zero-order valence-electron chi connectivity index (χ0n) is 17.9. The van der Waals surface area contributed by atoms with Gasteiger partial charge in [0.25, 0.3) is 0 Å². The van der Waals surface area contributed by atoms with Gasteiger partial charge in [-0.25, -0.2) is 4.98 Å². The molecule has 1 unspecified atom stereocenters. The van der Waals surface area contributed by atoms with Crippen LogP contribution in [0.3, 0.4) is 0 Å². The second-order valence-electron chi connectivity index (χ2n) is 7.89. The van der Waals surface area contributed by atoms with Crippen molar-refractivity contribution in [3.63, 3.8) is 0 Å². The second kappa shape index (κ2) is 8.34. The highest BCUT2D eigenvalue weighted by molar-refractivity contribution is 6.09. The fourth-order valence-corrected chi connectivity index (χ4v) is 3.66. The number of aliphatic hydroxyl groups is 1. The van der Waals surface area contributed by atoms with E-state index in [0.29, 0.717) is 11.3 Å². The van der Waals surface area contributed by atoms with E-state index >= 15 is 0 Å². The van der Waals surface area contributed by atoms with Gasteiger partial charge in [0.1, 0.15) is 0 Å². The van der Waals surface area contributed by atoms with Crippen LogP contribution < -0.4 is 16.4 Å². The Morgan fingerprint density at radius 3 is 2.55 bits per heavy atom. The SMILES string of the molecule is Cc1ccc2c(Nc3cc(CO)cc(NC(=O)C(C)N)c3)c3ccccc3nc2c1C. The lowest BCUT2D eigenvalue weighted by Gasteiger charge is -2.17. The highest BCUT2D eigenvalue weighted by Crippen LogP contribution is 2.35. The van der Waals surface area contributed by atoms with E-state index in [1.165, 1.54) is 5.56 Å². The number of carbonyl (C=O) groups excluding carboxylic acids is 1. The van der Waals surface area contributed by atoms with Gasteiger partial charge in [-0.05, 0) is 61.7 Å². The number of amides is 1. The van der Waals surface area contributed by atoms with Gasteiger partial charge in [-0.1, -0.05) is 30.3 Å². The van der Waals surface area contributed by atoms with Crippen LogP contribution in [0.1, 0.15) is 23.6 Å². The van der Waals surface area contributed by atoms with Crippen LogP contribution in [0, 0.1) is 13.8 Å². The van der Waals surface area contributed by atoms with Crippen molar-refractivity contribution in [2.45, 2.75) is 33.4 Å². The molecule has 4 rings (SSSR count). The van der Waals surface area contributed by atoms with Gasteiger partial charge >= 0.3 is 0 Å². The Kier molecular flexibility index (Phi) is 5.59. The number of hydrogen-bond donors (Lipinski definition) is 4. The highest BCUT2D eigenvalue weighted by Gasteiger charge is 2.14. The van der Waals surface area contributed by atoms with Crippen molar-refractivity contribution in [1.82, 2.24) is 4.98 Å². The number of fused-ring (bicyclic) bond motifs is 2. The molecule has 5 N–H and O–H groups in total. The summed E-state index contributed by atoms with van der Waals surface area (Å²) in [5.74, 6) is -0.285. The van der Waals surface area contributed by atoms with Crippen molar-refractivity contribution < 1.29 is 9.90 Å². The third kappa shape index (κ3) is 4.08. The highest BCUT2D eigenvalue weighted by atomic mass is 16.3. The molecule has 0 bridgehead atoms. The predicted molar refractivity (Wildman–Crippen MR) is 127 cm³/mol. The summed E-state index contributed by atoms with van der Waals surface area (Å²) in [7, 11) is 0. The molecule has 1 aromatic heterocycles. The smallest absolute Gasteiger partial charge is 0.240 e. The first kappa shape index (κ1) is 20.8. The number of aliphatic hydroxyl groups excluding tert-OH is 1. The van der Waals surface area contributed by atoms with E-state index in [1.807, 2.05) is 36.4 Å². The topological polar surface area (TPSA) is 100 Å². The number of nitrogens with one attached hydrogen (secondary N) is 2. The number of nitrogens with two attached hydrogens (primary N) is 1. The van der Waals surface area contributed by atoms with E-state index in [4.69, 9.17) is 10.7 Å². The third-order valence-electron chi connectivity index (χ3n) is 5.50. The van der Waals surface area contributed by atoms with Gasteiger partial charge in [0, 0.05) is 22.1 Å². The van der Waals surface area contributed by atoms with Gasteiger partial charge < -0.3 is 21.5 Å². The summed E-state index contributed by atoms with van der Waals surface area (Å²) in [5, 5.41) is 18.1. The van der Waals surface area contributed by atoms with Gasteiger partial charge in [0.15, 0.2) is 0 Å². The summed E-state index contributed by atoms with van der Waals surface area (Å²) in [5.41, 5.74) is 12.8. The molecule has 0 aliphatic rings. The van der Waals surface area contributed by atoms with Crippen molar-refractivity contribution in [3.05, 3.63) is 71.3 Å². The molecule has 158 valence electrons. The molecular weight excluding hydrogens is 388 g/mol. The Labute approximate surface area is 181 Å². The van der Waals surface area contributed by atoms with Crippen LogP contribution in [0.25, 0.3) is 21.8 Å². The Balaban J connectivity index is 1.87. The molecule has 31 heavy (non-hydrogen) atoms. The van der Waals surface area contributed by atoms with Crippen LogP contribution in [0.2, 0.25) is 0 Å². The summed E-state index contributed by atoms with van der Waals surface area (Å²) in [4.78, 5) is 17.0. The van der Waals surface area contributed by atoms with Gasteiger partial charge in [-0.15, -0.1) is 0 Å². The first-order valence-electron chi connectivity index (χ1n) is 10.2. The number of pyridine rings is 1. The zero-order valence-corrected chi connectivity index (χ0v) is 17.9. The molecule has 3 aromatic carbocycles. The summed E-state index contributed by atoms with van der Waals surface area (Å²) < 4.78 is 0. The van der Waals surface area contributed by atoms with Crippen LogP contribution in [0.5, 0.6) is 0 Å². The normalized spacial score (nSPS) is 12.2. The number of nitrogens with zero attached hydrogens (tertiary/aromatic N) is 1. The van der Waals surface area contributed by atoms with Crippen LogP contribution in [0.15, 0.2) is 54.6 Å². The number of hydrogen-bond acceptors (Lipinski definition) is 5. The molecular formula is C25H26N4O2. The van der Waals surface area contributed by atoms with Gasteiger partial charge in [-0.2, -0.15) is 0 Å². The van der Waals surface area contributed by atoms with E-state index in [1.54, 1.807) is 13.0 Å². The van der Waals surface area contributed by atoms with E-state index in [-0.39, 0.29) is 12.5 Å². The van der Waals surface area contributed by atoms with Crippen molar-refractivity contribution in [2.24, 2.45) is 5.73 Å². The number of anilines is 3. The number of carbonyl (C=O) groups is 1. The Hall–Kier alpha value is -3.48. The molecule has 1 atom stereocenters. The minimum atomic E-state index is -0.631. The van der Waals surface area contributed by atoms with Crippen molar-refractivity contribution in [1.29, 1.82) is 0 Å². The van der Waals surface area contributed by atoms with Crippen LogP contribution >= 0.6 is 0 Å². The maximum absolute atomic E-state index is 12.1. The number of para-hydroxylation sites is 1. The summed E-state index contributed by atoms with van der Waals surface area (Å²) in [6, 6.07) is 17.0. The van der Waals surface area contributed by atoms with Crippen molar-refractivity contribution in [3.8, 4) is 0 Å². The van der Waals surface area contributed by atoms with Gasteiger partial charge in [0.2, 0.25) is 5.91 Å². The van der Waals surface area contributed by atoms with Gasteiger partial charge in [0.05, 0.1) is 29.4 Å². The number of aromatic nitrogens is 1. The number of benzene rings is 3. The molecule has 0 radical (unpaired) electrons. The Bertz CT molecular complexity index is 1300. The summed E-state index contributed by atoms with van der Waals surface area (Å²) in [6.45, 7) is 5.64. The first-order chi connectivity index (χ1) is 14.9. The minimum absolute atomic E-state index is 0.146. The molecule has 6 heteroatoms. The average molecular weight is 415 g/mol. The number of rotatable bonds is 5. The maximum atomic E-state index is 12.1. The molecule has 0 spiro atoms. The van der Waals surface area contributed by atoms with E-state index in [2.05, 4.69) is 36.6 Å². The fraction of sp³-hybridized carbons (Fsp3) is 0.200. The largest absolute Gasteiger partial charge is 0.392 e. The van der Waals surface area contributed by atoms with Crippen molar-refractivity contribution in [2.75, 3.05) is 10.6 Å². The predicted octanol–water partition coefficient (Wildman–Crippen LogP) is 4.53. The average Bonchev–Trinajstić information content (AvgIpc) is 2.76. The van der Waals surface area contributed by atoms with E-state index in [9.17, 15) is 9.90 Å². The van der Waals surface area contributed by atoms with Crippen LogP contribution in [-0.4, -0.2) is 22.0 Å². The van der Waals surface area contributed by atoms with Crippen molar-refractivity contribution >= 4 is 44.8 Å². The standard InChI is InChI=1S/C25H26N4O2/c1-14-8-9-21-23(15(14)2)29-22-7-5-4-6-20(22)24(21)27-18-10-17(13-30)11-19(12-18)28-25(31)16(3)26/h4-12,16,30H,13,26H2,1-3H3,(H,27,29)(H,28,31). The Morgan fingerprint density at radius 1 is 1.06 bits per heavy atom. The third-order valence-corrected chi connectivity index (χ3v) is 5.50. The summed E-state index contributed by atoms with van der Waals surface area (Å²) >= 11 is 0. The Morgan fingerprint density at radius 2 is 1.81 bits per heavy atom. The molecule has 0 aliphatic heterocycles. The minimum Gasteiger partial charge on any atom is -0.392 e. The molecule has 0 fully saturated rings. The molecule has 1 heterocycles. The monoisotopic (exact) mass is 414 g/mol. The van der Waals surface area contributed by atoms with Crippen LogP contribution in [0.4, 0.5) is 17.1 Å². The zero-order chi connectivity index (χ0) is 22.1. The molecule has 6 nitrogen and oxygen atoms in total. The first-order valence-corrected chi connectivity index (χ1v) is 10.2. The second-order valence-corrected chi connectivity index (χ2v) is 7.89. The fourth-order valence-electron chi connectivity index (χ4n) is 3.66. The van der Waals surface area contributed by atoms with E-state index < -0.39 is 6.04 Å². The number of aryl methyl sites for hydroxylation is 2. The molecule has 0 aliphatic carbocycles. The maximum Gasteiger partial charge on any atom is 0.240 e.